The summed E-state index contributed by atoms with van der Waals surface area (Å²) < 4.78 is 0. The largest absolute Gasteiger partial charge is 0.393 e. The third-order valence-electron chi connectivity index (χ3n) is 3.69. The Morgan fingerprint density at radius 2 is 2.05 bits per heavy atom. The molecule has 1 fully saturated rings. The highest BCUT2D eigenvalue weighted by Gasteiger charge is 2.25. The number of rotatable bonds is 5. The van der Waals surface area contributed by atoms with Crippen LogP contribution in [0.1, 0.15) is 24.8 Å². The van der Waals surface area contributed by atoms with Gasteiger partial charge in [-0.25, -0.2) is 0 Å². The van der Waals surface area contributed by atoms with E-state index in [2.05, 4.69) is 5.32 Å². The molecule has 0 bridgehead atoms. The summed E-state index contributed by atoms with van der Waals surface area (Å²) in [6.45, 7) is 0.493. The minimum absolute atomic E-state index is 0.0169. The van der Waals surface area contributed by atoms with Crippen LogP contribution in [0.3, 0.4) is 0 Å². The number of nitrogens with one attached hydrogen (secondary N) is 1. The number of non-ortho nitro benzene ring substituents is 1. The number of nitrogens with zero attached hydrogens (tertiary/aromatic N) is 1. The van der Waals surface area contributed by atoms with Gasteiger partial charge in [0.05, 0.1) is 17.4 Å². The molecule has 0 aliphatic heterocycles. The second-order valence-corrected chi connectivity index (χ2v) is 5.16. The Bertz CT molecular complexity index is 486. The Morgan fingerprint density at radius 1 is 1.35 bits per heavy atom. The Kier molecular flexibility index (Phi) is 4.68. The van der Waals surface area contributed by atoms with Gasteiger partial charge in [-0.2, -0.15) is 0 Å². The molecule has 20 heavy (non-hydrogen) atoms. The molecule has 0 spiro atoms. The molecule has 1 aliphatic rings. The predicted octanol–water partition coefficient (Wildman–Crippen LogP) is 1.41. The van der Waals surface area contributed by atoms with Crippen molar-refractivity contribution in [2.24, 2.45) is 5.92 Å². The predicted molar refractivity (Wildman–Crippen MR) is 73.2 cm³/mol. The molecule has 6 heteroatoms. The van der Waals surface area contributed by atoms with Gasteiger partial charge in [-0.15, -0.1) is 0 Å². The van der Waals surface area contributed by atoms with Crippen molar-refractivity contribution in [1.82, 2.24) is 5.32 Å². The monoisotopic (exact) mass is 278 g/mol. The first-order valence-electron chi connectivity index (χ1n) is 6.74. The standard InChI is InChI=1S/C14H18N2O4/c17-13-3-1-2-11(13)9-15-14(18)8-10-4-6-12(7-5-10)16(19)20/h4-7,11,13,17H,1-3,8-9H2,(H,15,18). The Labute approximate surface area is 117 Å². The van der Waals surface area contributed by atoms with Gasteiger partial charge in [0.1, 0.15) is 0 Å². The second kappa shape index (κ2) is 6.47. The molecule has 0 saturated heterocycles. The van der Waals surface area contributed by atoms with E-state index in [0.717, 1.165) is 24.8 Å². The van der Waals surface area contributed by atoms with Crippen molar-refractivity contribution in [2.75, 3.05) is 6.54 Å². The van der Waals surface area contributed by atoms with Gasteiger partial charge in [0.15, 0.2) is 0 Å². The first-order chi connectivity index (χ1) is 9.56. The second-order valence-electron chi connectivity index (χ2n) is 5.16. The topological polar surface area (TPSA) is 92.5 Å². The summed E-state index contributed by atoms with van der Waals surface area (Å²) in [4.78, 5) is 21.8. The average molecular weight is 278 g/mol. The first kappa shape index (κ1) is 14.5. The zero-order chi connectivity index (χ0) is 14.5. The highest BCUT2D eigenvalue weighted by Crippen LogP contribution is 2.24. The summed E-state index contributed by atoms with van der Waals surface area (Å²) in [6, 6.07) is 5.96. The summed E-state index contributed by atoms with van der Waals surface area (Å²) in [5, 5.41) is 23.0. The minimum atomic E-state index is -0.467. The van der Waals surface area contributed by atoms with E-state index in [1.165, 1.54) is 12.1 Å². The third kappa shape index (κ3) is 3.77. The van der Waals surface area contributed by atoms with Crippen molar-refractivity contribution in [2.45, 2.75) is 31.8 Å². The number of hydrogen-bond acceptors (Lipinski definition) is 4. The fraction of sp³-hybridized carbons (Fsp3) is 0.500. The molecule has 1 aliphatic carbocycles. The van der Waals surface area contributed by atoms with Crippen LogP contribution >= 0.6 is 0 Å². The molecule has 0 radical (unpaired) electrons. The molecule has 0 aromatic heterocycles. The van der Waals surface area contributed by atoms with E-state index in [4.69, 9.17) is 0 Å². The van der Waals surface area contributed by atoms with Crippen LogP contribution < -0.4 is 5.32 Å². The van der Waals surface area contributed by atoms with Crippen LogP contribution in [0.15, 0.2) is 24.3 Å². The summed E-state index contributed by atoms with van der Waals surface area (Å²) in [6.07, 6.45) is 2.64. The highest BCUT2D eigenvalue weighted by molar-refractivity contribution is 5.78. The zero-order valence-corrected chi connectivity index (χ0v) is 11.1. The van der Waals surface area contributed by atoms with Gasteiger partial charge in [0.25, 0.3) is 5.69 Å². The van der Waals surface area contributed by atoms with E-state index in [9.17, 15) is 20.0 Å². The SMILES string of the molecule is O=C(Cc1ccc([N+](=O)[O-])cc1)NCC1CCCC1O. The van der Waals surface area contributed by atoms with E-state index >= 15 is 0 Å². The van der Waals surface area contributed by atoms with Crippen LogP contribution in [0.25, 0.3) is 0 Å². The van der Waals surface area contributed by atoms with Crippen molar-refractivity contribution in [1.29, 1.82) is 0 Å². The summed E-state index contributed by atoms with van der Waals surface area (Å²) in [5.74, 6) is 0.0220. The van der Waals surface area contributed by atoms with Gasteiger partial charge in [-0.05, 0) is 18.4 Å². The van der Waals surface area contributed by atoms with E-state index in [1.807, 2.05) is 0 Å². The van der Waals surface area contributed by atoms with Crippen LogP contribution in [-0.4, -0.2) is 28.6 Å². The number of carbonyl (C=O) groups is 1. The van der Waals surface area contributed by atoms with E-state index < -0.39 is 4.92 Å². The molecule has 2 unspecified atom stereocenters. The normalized spacial score (nSPS) is 21.6. The summed E-state index contributed by atoms with van der Waals surface area (Å²) in [5.41, 5.74) is 0.753. The molecule has 1 aromatic rings. The number of nitro benzene ring substituents is 1. The van der Waals surface area contributed by atoms with Crippen LogP contribution in [0.4, 0.5) is 5.69 Å². The molecule has 2 rings (SSSR count). The van der Waals surface area contributed by atoms with Gasteiger partial charge in [0.2, 0.25) is 5.91 Å². The van der Waals surface area contributed by atoms with Gasteiger partial charge in [-0.3, -0.25) is 14.9 Å². The van der Waals surface area contributed by atoms with Gasteiger partial charge in [-0.1, -0.05) is 18.6 Å². The molecule has 0 heterocycles. The minimum Gasteiger partial charge on any atom is -0.393 e. The van der Waals surface area contributed by atoms with Crippen LogP contribution in [0.5, 0.6) is 0 Å². The number of aliphatic hydroxyl groups is 1. The summed E-state index contributed by atoms with van der Waals surface area (Å²) in [7, 11) is 0. The molecule has 2 N–H and O–H groups in total. The van der Waals surface area contributed by atoms with Crippen LogP contribution in [0, 0.1) is 16.0 Å². The lowest BCUT2D eigenvalue weighted by molar-refractivity contribution is -0.384. The van der Waals surface area contributed by atoms with Crippen molar-refractivity contribution in [3.05, 3.63) is 39.9 Å². The number of carbonyl (C=O) groups excluding carboxylic acids is 1. The van der Waals surface area contributed by atoms with E-state index in [1.54, 1.807) is 12.1 Å². The van der Waals surface area contributed by atoms with Crippen molar-refractivity contribution >= 4 is 11.6 Å². The maximum absolute atomic E-state index is 11.8. The number of amides is 1. The van der Waals surface area contributed by atoms with Crippen molar-refractivity contribution < 1.29 is 14.8 Å². The fourth-order valence-electron chi connectivity index (χ4n) is 2.48. The Morgan fingerprint density at radius 3 is 2.60 bits per heavy atom. The van der Waals surface area contributed by atoms with Gasteiger partial charge in [0, 0.05) is 24.6 Å². The average Bonchev–Trinajstić information content (AvgIpc) is 2.82. The molecule has 2 atom stereocenters. The molecule has 1 aromatic carbocycles. The number of aliphatic hydroxyl groups excluding tert-OH is 1. The van der Waals surface area contributed by atoms with Crippen LogP contribution in [0.2, 0.25) is 0 Å². The molecular formula is C14H18N2O4. The zero-order valence-electron chi connectivity index (χ0n) is 11.1. The van der Waals surface area contributed by atoms with Crippen molar-refractivity contribution in [3.8, 4) is 0 Å². The molecule has 1 saturated carbocycles. The van der Waals surface area contributed by atoms with Crippen LogP contribution in [-0.2, 0) is 11.2 Å². The lowest BCUT2D eigenvalue weighted by atomic mass is 10.1. The number of benzene rings is 1. The lowest BCUT2D eigenvalue weighted by Gasteiger charge is -2.15. The maximum atomic E-state index is 11.8. The third-order valence-corrected chi connectivity index (χ3v) is 3.69. The maximum Gasteiger partial charge on any atom is 0.269 e. The van der Waals surface area contributed by atoms with E-state index in [-0.39, 0.29) is 30.0 Å². The Balaban J connectivity index is 1.80. The fourth-order valence-corrected chi connectivity index (χ4v) is 2.48. The smallest absolute Gasteiger partial charge is 0.269 e. The van der Waals surface area contributed by atoms with E-state index in [0.29, 0.717) is 6.54 Å². The molecule has 108 valence electrons. The molecular weight excluding hydrogens is 260 g/mol. The quantitative estimate of drug-likeness (QED) is 0.629. The van der Waals surface area contributed by atoms with Gasteiger partial charge >= 0.3 is 0 Å². The van der Waals surface area contributed by atoms with Gasteiger partial charge < -0.3 is 10.4 Å². The van der Waals surface area contributed by atoms with Crippen molar-refractivity contribution in [3.63, 3.8) is 0 Å². The molecule has 6 nitrogen and oxygen atoms in total. The molecule has 1 amide bonds. The number of nitro groups is 1. The highest BCUT2D eigenvalue weighted by atomic mass is 16.6. The Hall–Kier alpha value is -1.95. The number of hydrogen-bond donors (Lipinski definition) is 2. The lowest BCUT2D eigenvalue weighted by Crippen LogP contribution is -2.33. The summed E-state index contributed by atoms with van der Waals surface area (Å²) >= 11 is 0. The first-order valence-corrected chi connectivity index (χ1v) is 6.74.